The predicted molar refractivity (Wildman–Crippen MR) is 89.6 cm³/mol. The number of ketones is 1. The fourth-order valence-corrected chi connectivity index (χ4v) is 4.34. The average molecular weight is 329 g/mol. The van der Waals surface area contributed by atoms with Crippen LogP contribution >= 0.6 is 0 Å². The summed E-state index contributed by atoms with van der Waals surface area (Å²) in [6, 6.07) is 14.9. The molecule has 2 aromatic carbocycles. The number of nitrogens with zero attached hydrogens (tertiary/aromatic N) is 1. The molecule has 1 heterocycles. The molecule has 2 aromatic rings. The third-order valence-corrected chi connectivity index (χ3v) is 5.99. The molecule has 0 radical (unpaired) electrons. The van der Waals surface area contributed by atoms with E-state index in [9.17, 15) is 13.2 Å². The van der Waals surface area contributed by atoms with E-state index in [2.05, 4.69) is 0 Å². The molecule has 0 aromatic heterocycles. The van der Waals surface area contributed by atoms with Crippen LogP contribution in [0.5, 0.6) is 0 Å². The Balaban J connectivity index is 2.02. The van der Waals surface area contributed by atoms with Gasteiger partial charge in [-0.05, 0) is 42.2 Å². The molecule has 0 aliphatic carbocycles. The first kappa shape index (κ1) is 15.9. The lowest BCUT2D eigenvalue weighted by atomic mass is 10.0. The van der Waals surface area contributed by atoms with Crippen molar-refractivity contribution in [2.45, 2.75) is 24.7 Å². The summed E-state index contributed by atoms with van der Waals surface area (Å²) in [6.07, 6.45) is 1.06. The topological polar surface area (TPSA) is 54.5 Å². The minimum Gasteiger partial charge on any atom is -0.298 e. The molecule has 1 aliphatic heterocycles. The Kier molecular flexibility index (Phi) is 4.33. The molecule has 1 fully saturated rings. The standard InChI is InChI=1S/C18H19NO3S/c1-14-9-10-17(12-18(14)15-6-3-2-4-7-15)23(21,22)19-11-5-8-16(20)13-19/h2-4,6-7,9-10,12H,5,8,11,13H2,1H3. The zero-order chi connectivity index (χ0) is 16.4. The van der Waals surface area contributed by atoms with Crippen molar-refractivity contribution in [1.82, 2.24) is 4.31 Å². The van der Waals surface area contributed by atoms with Crippen molar-refractivity contribution >= 4 is 15.8 Å². The summed E-state index contributed by atoms with van der Waals surface area (Å²) in [5.74, 6) is -0.0183. The maximum Gasteiger partial charge on any atom is 0.243 e. The van der Waals surface area contributed by atoms with E-state index in [1.165, 1.54) is 4.31 Å². The molecule has 0 spiro atoms. The number of carbonyl (C=O) groups excluding carboxylic acids is 1. The van der Waals surface area contributed by atoms with E-state index in [0.29, 0.717) is 19.4 Å². The number of Topliss-reactive ketones (excluding diaryl/α,β-unsaturated/α-hetero) is 1. The molecule has 0 bridgehead atoms. The number of aryl methyl sites for hydroxylation is 1. The summed E-state index contributed by atoms with van der Waals surface area (Å²) in [4.78, 5) is 11.8. The molecule has 4 nitrogen and oxygen atoms in total. The van der Waals surface area contributed by atoms with Crippen molar-refractivity contribution in [2.75, 3.05) is 13.1 Å². The Bertz CT molecular complexity index is 829. The second-order valence-electron chi connectivity index (χ2n) is 5.82. The van der Waals surface area contributed by atoms with E-state index < -0.39 is 10.0 Å². The Labute approximate surface area is 136 Å². The van der Waals surface area contributed by atoms with Crippen LogP contribution in [0.15, 0.2) is 53.4 Å². The van der Waals surface area contributed by atoms with E-state index in [0.717, 1.165) is 16.7 Å². The number of rotatable bonds is 3. The van der Waals surface area contributed by atoms with Crippen LogP contribution in [0.3, 0.4) is 0 Å². The molecule has 23 heavy (non-hydrogen) atoms. The van der Waals surface area contributed by atoms with Crippen molar-refractivity contribution in [1.29, 1.82) is 0 Å². The summed E-state index contributed by atoms with van der Waals surface area (Å²) in [6.45, 7) is 2.35. The lowest BCUT2D eigenvalue weighted by Gasteiger charge is -2.25. The number of hydrogen-bond donors (Lipinski definition) is 0. The highest BCUT2D eigenvalue weighted by Crippen LogP contribution is 2.28. The Morgan fingerprint density at radius 2 is 1.78 bits per heavy atom. The van der Waals surface area contributed by atoms with Gasteiger partial charge in [-0.1, -0.05) is 36.4 Å². The Hall–Kier alpha value is -1.98. The molecule has 0 amide bonds. The molecule has 5 heteroatoms. The van der Waals surface area contributed by atoms with Crippen molar-refractivity contribution < 1.29 is 13.2 Å². The summed E-state index contributed by atoms with van der Waals surface area (Å²) in [5, 5.41) is 0. The van der Waals surface area contributed by atoms with E-state index in [4.69, 9.17) is 0 Å². The first-order valence-electron chi connectivity index (χ1n) is 7.66. The largest absolute Gasteiger partial charge is 0.298 e. The molecule has 0 N–H and O–H groups in total. The van der Waals surface area contributed by atoms with Gasteiger partial charge >= 0.3 is 0 Å². The molecular formula is C18H19NO3S. The maximum absolute atomic E-state index is 12.8. The van der Waals surface area contributed by atoms with Crippen LogP contribution in [0, 0.1) is 6.92 Å². The molecule has 1 saturated heterocycles. The van der Waals surface area contributed by atoms with Gasteiger partial charge in [-0.2, -0.15) is 4.31 Å². The van der Waals surface area contributed by atoms with Gasteiger partial charge in [0.15, 0.2) is 0 Å². The quantitative estimate of drug-likeness (QED) is 0.870. The zero-order valence-electron chi connectivity index (χ0n) is 13.0. The summed E-state index contributed by atoms with van der Waals surface area (Å²) >= 11 is 0. The van der Waals surface area contributed by atoms with Crippen LogP contribution in [0.1, 0.15) is 18.4 Å². The fourth-order valence-electron chi connectivity index (χ4n) is 2.85. The van der Waals surface area contributed by atoms with Gasteiger partial charge in [0.05, 0.1) is 11.4 Å². The van der Waals surface area contributed by atoms with Gasteiger partial charge in [-0.3, -0.25) is 4.79 Å². The number of benzene rings is 2. The molecule has 1 aliphatic rings. The van der Waals surface area contributed by atoms with Crippen molar-refractivity contribution in [3.05, 3.63) is 54.1 Å². The van der Waals surface area contributed by atoms with Crippen molar-refractivity contribution in [3.63, 3.8) is 0 Å². The molecular weight excluding hydrogens is 310 g/mol. The summed E-state index contributed by atoms with van der Waals surface area (Å²) in [5.41, 5.74) is 2.90. The van der Waals surface area contributed by atoms with Crippen LogP contribution in [0.4, 0.5) is 0 Å². The molecule has 3 rings (SSSR count). The number of piperidine rings is 1. The van der Waals surface area contributed by atoms with Crippen LogP contribution in [0.25, 0.3) is 11.1 Å². The number of sulfonamides is 1. The second-order valence-corrected chi connectivity index (χ2v) is 7.76. The molecule has 0 atom stereocenters. The molecule has 0 saturated carbocycles. The SMILES string of the molecule is Cc1ccc(S(=O)(=O)N2CCCC(=O)C2)cc1-c1ccccc1. The first-order chi connectivity index (χ1) is 11.0. The zero-order valence-corrected chi connectivity index (χ0v) is 13.8. The summed E-state index contributed by atoms with van der Waals surface area (Å²) in [7, 11) is -3.63. The predicted octanol–water partition coefficient (Wildman–Crippen LogP) is 3.02. The first-order valence-corrected chi connectivity index (χ1v) is 9.10. The third-order valence-electron chi connectivity index (χ3n) is 4.15. The minimum atomic E-state index is -3.63. The lowest BCUT2D eigenvalue weighted by Crippen LogP contribution is -2.40. The fraction of sp³-hybridized carbons (Fsp3) is 0.278. The van der Waals surface area contributed by atoms with Crippen LogP contribution < -0.4 is 0 Å². The third kappa shape index (κ3) is 3.21. The average Bonchev–Trinajstić information content (AvgIpc) is 2.56. The monoisotopic (exact) mass is 329 g/mol. The highest BCUT2D eigenvalue weighted by atomic mass is 32.2. The van der Waals surface area contributed by atoms with E-state index in [-0.39, 0.29) is 17.2 Å². The smallest absolute Gasteiger partial charge is 0.243 e. The minimum absolute atomic E-state index is 0.0170. The van der Waals surface area contributed by atoms with Crippen LogP contribution in [0.2, 0.25) is 0 Å². The molecule has 120 valence electrons. The van der Waals surface area contributed by atoms with Gasteiger partial charge in [-0.15, -0.1) is 0 Å². The van der Waals surface area contributed by atoms with Crippen molar-refractivity contribution in [3.8, 4) is 11.1 Å². The molecule has 0 unspecified atom stereocenters. The number of hydrogen-bond acceptors (Lipinski definition) is 3. The highest BCUT2D eigenvalue weighted by Gasteiger charge is 2.29. The van der Waals surface area contributed by atoms with E-state index in [1.807, 2.05) is 43.3 Å². The van der Waals surface area contributed by atoms with Gasteiger partial charge in [0.1, 0.15) is 5.78 Å². The summed E-state index contributed by atoms with van der Waals surface area (Å²) < 4.78 is 26.9. The Morgan fingerprint density at radius 3 is 2.48 bits per heavy atom. The Morgan fingerprint density at radius 1 is 1.04 bits per heavy atom. The number of carbonyl (C=O) groups is 1. The van der Waals surface area contributed by atoms with E-state index >= 15 is 0 Å². The second kappa shape index (κ2) is 6.26. The van der Waals surface area contributed by atoms with Gasteiger partial charge in [-0.25, -0.2) is 8.42 Å². The van der Waals surface area contributed by atoms with Gasteiger partial charge < -0.3 is 0 Å². The van der Waals surface area contributed by atoms with Gasteiger partial charge in [0.2, 0.25) is 10.0 Å². The van der Waals surface area contributed by atoms with Crippen molar-refractivity contribution in [2.24, 2.45) is 0 Å². The normalized spacial score (nSPS) is 16.5. The highest BCUT2D eigenvalue weighted by molar-refractivity contribution is 7.89. The van der Waals surface area contributed by atoms with E-state index in [1.54, 1.807) is 12.1 Å². The van der Waals surface area contributed by atoms with Crippen LogP contribution in [-0.2, 0) is 14.8 Å². The van der Waals surface area contributed by atoms with Gasteiger partial charge in [0.25, 0.3) is 0 Å². The maximum atomic E-state index is 12.8. The van der Waals surface area contributed by atoms with Gasteiger partial charge in [0, 0.05) is 13.0 Å². The van der Waals surface area contributed by atoms with Crippen LogP contribution in [-0.4, -0.2) is 31.6 Å². The lowest BCUT2D eigenvalue weighted by molar-refractivity contribution is -0.120.